The summed E-state index contributed by atoms with van der Waals surface area (Å²) in [7, 11) is -0.0160. The predicted molar refractivity (Wildman–Crippen MR) is 98.5 cm³/mol. The van der Waals surface area contributed by atoms with Gasteiger partial charge in [0.25, 0.3) is 10.0 Å². The van der Waals surface area contributed by atoms with E-state index in [1.54, 1.807) is 29.2 Å². The maximum Gasteiger partial charge on any atom is 0.273 e. The van der Waals surface area contributed by atoms with Crippen LogP contribution in [0.3, 0.4) is 0 Å². The van der Waals surface area contributed by atoms with E-state index in [1.165, 1.54) is 17.5 Å². The van der Waals surface area contributed by atoms with Crippen molar-refractivity contribution in [2.45, 2.75) is 23.0 Å². The molecule has 2 N–H and O–H groups in total. The summed E-state index contributed by atoms with van der Waals surface area (Å²) in [6.07, 6.45) is 3.58. The molecule has 0 spiro atoms. The molecule has 1 aliphatic carbocycles. The summed E-state index contributed by atoms with van der Waals surface area (Å²) in [5, 5.41) is 3.64. The van der Waals surface area contributed by atoms with Crippen LogP contribution in [-0.4, -0.2) is 44.8 Å². The maximum absolute atomic E-state index is 12.4. The Labute approximate surface area is 151 Å². The molecular formula is C16H20N4O3S2. The molecule has 7 nitrogen and oxygen atoms in total. The molecule has 3 rings (SSSR count). The Hall–Kier alpha value is -1.97. The van der Waals surface area contributed by atoms with Crippen LogP contribution < -0.4 is 10.0 Å². The van der Waals surface area contributed by atoms with E-state index in [1.807, 2.05) is 14.1 Å². The first-order valence-electron chi connectivity index (χ1n) is 7.87. The molecule has 1 aromatic carbocycles. The van der Waals surface area contributed by atoms with Crippen molar-refractivity contribution >= 4 is 38.6 Å². The van der Waals surface area contributed by atoms with Gasteiger partial charge in [-0.2, -0.15) is 0 Å². The standard InChI is InChI=1S/C16H20N4O3S2/c1-20(2)10-14(21)18-12-5-7-13(8-6-12)19-25(22,23)15-9-17-16(24-15)11-3-4-11/h5-9,11,19H,3-4,10H2,1-2H3,(H,18,21). The Morgan fingerprint density at radius 1 is 1.24 bits per heavy atom. The fraction of sp³-hybridized carbons (Fsp3) is 0.375. The van der Waals surface area contributed by atoms with E-state index in [0.29, 0.717) is 17.3 Å². The van der Waals surface area contributed by atoms with Crippen LogP contribution in [0.1, 0.15) is 23.8 Å². The third kappa shape index (κ3) is 4.77. The number of amides is 1. The van der Waals surface area contributed by atoms with Crippen molar-refractivity contribution in [1.82, 2.24) is 9.88 Å². The number of thiazole rings is 1. The second-order valence-electron chi connectivity index (χ2n) is 6.26. The van der Waals surface area contributed by atoms with Gasteiger partial charge in [0.05, 0.1) is 17.7 Å². The molecule has 1 aliphatic rings. The van der Waals surface area contributed by atoms with Gasteiger partial charge in [0.1, 0.15) is 0 Å². The Bertz CT molecular complexity index is 856. The lowest BCUT2D eigenvalue weighted by Gasteiger charge is -2.11. The second-order valence-corrected chi connectivity index (χ2v) is 9.23. The number of anilines is 2. The third-order valence-corrected chi connectivity index (χ3v) is 6.58. The number of hydrogen-bond donors (Lipinski definition) is 2. The quantitative estimate of drug-likeness (QED) is 0.769. The van der Waals surface area contributed by atoms with Crippen molar-refractivity contribution in [3.05, 3.63) is 35.5 Å². The first-order valence-corrected chi connectivity index (χ1v) is 10.2. The van der Waals surface area contributed by atoms with E-state index < -0.39 is 10.0 Å². The normalized spacial score (nSPS) is 14.5. The van der Waals surface area contributed by atoms with E-state index in [0.717, 1.165) is 17.8 Å². The lowest BCUT2D eigenvalue weighted by molar-refractivity contribution is -0.116. The van der Waals surface area contributed by atoms with Crippen LogP contribution in [-0.2, 0) is 14.8 Å². The van der Waals surface area contributed by atoms with Crippen LogP contribution in [0.2, 0.25) is 0 Å². The number of carbonyl (C=O) groups is 1. The monoisotopic (exact) mass is 380 g/mol. The summed E-state index contributed by atoms with van der Waals surface area (Å²) in [5.74, 6) is 0.301. The van der Waals surface area contributed by atoms with Gasteiger partial charge in [-0.25, -0.2) is 13.4 Å². The Morgan fingerprint density at radius 2 is 1.88 bits per heavy atom. The van der Waals surface area contributed by atoms with E-state index in [2.05, 4.69) is 15.0 Å². The molecule has 9 heteroatoms. The van der Waals surface area contributed by atoms with Crippen molar-refractivity contribution in [2.24, 2.45) is 0 Å². The number of rotatable bonds is 7. The molecule has 1 heterocycles. The predicted octanol–water partition coefficient (Wildman–Crippen LogP) is 2.32. The molecule has 134 valence electrons. The minimum absolute atomic E-state index is 0.129. The largest absolute Gasteiger partial charge is 0.325 e. The highest BCUT2D eigenvalue weighted by Gasteiger charge is 2.29. The highest BCUT2D eigenvalue weighted by atomic mass is 32.2. The van der Waals surface area contributed by atoms with Crippen LogP contribution in [0.5, 0.6) is 0 Å². The topological polar surface area (TPSA) is 91.4 Å². The average molecular weight is 380 g/mol. The molecule has 0 atom stereocenters. The summed E-state index contributed by atoms with van der Waals surface area (Å²) in [6, 6.07) is 6.55. The summed E-state index contributed by atoms with van der Waals surface area (Å²) < 4.78 is 27.6. The Kier molecular flexibility index (Phi) is 5.07. The van der Waals surface area contributed by atoms with Gasteiger partial charge >= 0.3 is 0 Å². The van der Waals surface area contributed by atoms with Crippen LogP contribution in [0.25, 0.3) is 0 Å². The minimum atomic E-state index is -3.64. The van der Waals surface area contributed by atoms with Crippen LogP contribution in [0.4, 0.5) is 11.4 Å². The molecule has 0 saturated heterocycles. The Balaban J connectivity index is 1.64. The molecule has 1 saturated carbocycles. The van der Waals surface area contributed by atoms with Crippen molar-refractivity contribution in [3.63, 3.8) is 0 Å². The number of hydrogen-bond acceptors (Lipinski definition) is 6. The van der Waals surface area contributed by atoms with E-state index >= 15 is 0 Å². The van der Waals surface area contributed by atoms with Gasteiger partial charge in [-0.3, -0.25) is 9.52 Å². The molecule has 25 heavy (non-hydrogen) atoms. The third-order valence-electron chi connectivity index (χ3n) is 3.57. The van der Waals surface area contributed by atoms with E-state index in [4.69, 9.17) is 0 Å². The van der Waals surface area contributed by atoms with Crippen molar-refractivity contribution < 1.29 is 13.2 Å². The van der Waals surface area contributed by atoms with Gasteiger partial charge in [-0.05, 0) is 51.2 Å². The lowest BCUT2D eigenvalue weighted by atomic mass is 10.3. The molecule has 1 amide bonds. The van der Waals surface area contributed by atoms with E-state index in [-0.39, 0.29) is 16.7 Å². The van der Waals surface area contributed by atoms with Gasteiger partial charge in [0.15, 0.2) is 4.21 Å². The molecule has 0 radical (unpaired) electrons. The molecule has 0 aliphatic heterocycles. The van der Waals surface area contributed by atoms with E-state index in [9.17, 15) is 13.2 Å². The van der Waals surface area contributed by atoms with Gasteiger partial charge in [-0.15, -0.1) is 11.3 Å². The van der Waals surface area contributed by atoms with Gasteiger partial charge in [-0.1, -0.05) is 0 Å². The molecule has 0 bridgehead atoms. The first-order chi connectivity index (χ1) is 11.8. The van der Waals surface area contributed by atoms with Gasteiger partial charge < -0.3 is 10.2 Å². The number of sulfonamides is 1. The molecule has 1 fully saturated rings. The zero-order valence-corrected chi connectivity index (χ0v) is 15.7. The number of benzene rings is 1. The highest BCUT2D eigenvalue weighted by molar-refractivity contribution is 7.94. The van der Waals surface area contributed by atoms with Gasteiger partial charge in [0, 0.05) is 17.3 Å². The van der Waals surface area contributed by atoms with Crippen LogP contribution in [0, 0.1) is 0 Å². The molecular weight excluding hydrogens is 360 g/mol. The number of likely N-dealkylation sites (N-methyl/N-ethyl adjacent to an activating group) is 1. The average Bonchev–Trinajstić information content (AvgIpc) is 3.24. The maximum atomic E-state index is 12.4. The molecule has 0 unspecified atom stereocenters. The smallest absolute Gasteiger partial charge is 0.273 e. The lowest BCUT2D eigenvalue weighted by Crippen LogP contribution is -2.27. The summed E-state index contributed by atoms with van der Waals surface area (Å²) in [5.41, 5.74) is 1.05. The fourth-order valence-corrected chi connectivity index (χ4v) is 4.61. The zero-order valence-electron chi connectivity index (χ0n) is 14.0. The molecule has 1 aromatic heterocycles. The molecule has 2 aromatic rings. The summed E-state index contributed by atoms with van der Waals surface area (Å²) >= 11 is 1.22. The number of nitrogens with one attached hydrogen (secondary N) is 2. The zero-order chi connectivity index (χ0) is 18.0. The minimum Gasteiger partial charge on any atom is -0.325 e. The number of aromatic nitrogens is 1. The van der Waals surface area contributed by atoms with Crippen LogP contribution in [0.15, 0.2) is 34.7 Å². The van der Waals surface area contributed by atoms with Gasteiger partial charge in [0.2, 0.25) is 5.91 Å². The summed E-state index contributed by atoms with van der Waals surface area (Å²) in [6.45, 7) is 0.281. The van der Waals surface area contributed by atoms with Crippen molar-refractivity contribution in [2.75, 3.05) is 30.7 Å². The second kappa shape index (κ2) is 7.11. The van der Waals surface area contributed by atoms with Crippen LogP contribution >= 0.6 is 11.3 Å². The SMILES string of the molecule is CN(C)CC(=O)Nc1ccc(NS(=O)(=O)c2cnc(C3CC3)s2)cc1. The number of nitrogens with zero attached hydrogens (tertiary/aromatic N) is 2. The highest BCUT2D eigenvalue weighted by Crippen LogP contribution is 2.42. The first kappa shape index (κ1) is 17.8. The number of carbonyl (C=O) groups excluding carboxylic acids is 1. The van der Waals surface area contributed by atoms with Crippen molar-refractivity contribution in [1.29, 1.82) is 0 Å². The summed E-state index contributed by atoms with van der Waals surface area (Å²) in [4.78, 5) is 17.7. The Morgan fingerprint density at radius 3 is 2.48 bits per heavy atom. The fourth-order valence-electron chi connectivity index (χ4n) is 2.23. The van der Waals surface area contributed by atoms with Crippen molar-refractivity contribution in [3.8, 4) is 0 Å².